The minimum atomic E-state index is -1.01. The van der Waals surface area contributed by atoms with E-state index in [2.05, 4.69) is 18.7 Å². The van der Waals surface area contributed by atoms with Gasteiger partial charge in [-0.25, -0.2) is 4.90 Å². The highest BCUT2D eigenvalue weighted by atomic mass is 16.7. The number of nitrogens with zero attached hydrogens (tertiary/aromatic N) is 1. The molecule has 0 radical (unpaired) electrons. The van der Waals surface area contributed by atoms with E-state index in [0.717, 1.165) is 6.42 Å². The number of rotatable bonds is 5. The SMILES string of the molecule is C=C[C@@H]1CC2(C[C@H](Cc3ccccc3)N1C(O)OC(C)(C)C)OCCO2. The normalized spacial score (nSPS) is 27.5. The first-order valence-electron chi connectivity index (χ1n) is 9.40. The predicted octanol–water partition coefficient (Wildman–Crippen LogP) is 3.08. The van der Waals surface area contributed by atoms with E-state index in [1.54, 1.807) is 0 Å². The quantitative estimate of drug-likeness (QED) is 0.645. The Hall–Kier alpha value is -1.24. The Bertz CT molecular complexity index is 592. The van der Waals surface area contributed by atoms with Crippen molar-refractivity contribution in [1.82, 2.24) is 4.90 Å². The summed E-state index contributed by atoms with van der Waals surface area (Å²) in [7, 11) is 0. The maximum absolute atomic E-state index is 10.9. The van der Waals surface area contributed by atoms with Crippen LogP contribution in [-0.2, 0) is 20.6 Å². The predicted molar refractivity (Wildman–Crippen MR) is 100 cm³/mol. The summed E-state index contributed by atoms with van der Waals surface area (Å²) in [6, 6.07) is 10.2. The van der Waals surface area contributed by atoms with Crippen molar-refractivity contribution in [3.8, 4) is 0 Å². The summed E-state index contributed by atoms with van der Waals surface area (Å²) in [5.41, 5.74) is 0.765. The van der Waals surface area contributed by atoms with Gasteiger partial charge in [0.15, 0.2) is 5.79 Å². The van der Waals surface area contributed by atoms with Gasteiger partial charge in [-0.1, -0.05) is 36.4 Å². The van der Waals surface area contributed by atoms with Gasteiger partial charge < -0.3 is 19.3 Å². The average molecular weight is 361 g/mol. The van der Waals surface area contributed by atoms with Gasteiger partial charge in [0, 0.05) is 24.9 Å². The second kappa shape index (κ2) is 7.79. The molecule has 1 aromatic carbocycles. The van der Waals surface area contributed by atoms with Crippen LogP contribution < -0.4 is 0 Å². The molecule has 5 heteroatoms. The molecule has 2 aliphatic rings. The van der Waals surface area contributed by atoms with E-state index in [0.29, 0.717) is 26.1 Å². The standard InChI is InChI=1S/C21H31NO4/c1-5-17-14-21(24-11-12-25-21)15-18(13-16-9-7-6-8-10-16)22(17)19(23)26-20(2,3)4/h5-10,17-19,23H,1,11-15H2,2-4H3/t17-,18+,19?/m1/s1. The highest BCUT2D eigenvalue weighted by molar-refractivity contribution is 5.17. The summed E-state index contributed by atoms with van der Waals surface area (Å²) in [5.74, 6) is -0.587. The third-order valence-corrected chi connectivity index (χ3v) is 4.99. The largest absolute Gasteiger partial charge is 0.356 e. The lowest BCUT2D eigenvalue weighted by Crippen LogP contribution is -2.61. The molecule has 0 amide bonds. The molecule has 2 saturated heterocycles. The minimum absolute atomic E-state index is 0.0181. The Kier molecular flexibility index (Phi) is 5.85. The van der Waals surface area contributed by atoms with E-state index >= 15 is 0 Å². The molecular weight excluding hydrogens is 330 g/mol. The van der Waals surface area contributed by atoms with Crippen LogP contribution in [0.5, 0.6) is 0 Å². The van der Waals surface area contributed by atoms with Gasteiger partial charge in [-0.3, -0.25) is 0 Å². The van der Waals surface area contributed by atoms with Crippen LogP contribution in [0.15, 0.2) is 43.0 Å². The molecule has 2 heterocycles. The van der Waals surface area contributed by atoms with Crippen molar-refractivity contribution in [2.24, 2.45) is 0 Å². The third kappa shape index (κ3) is 4.53. The molecule has 1 spiro atoms. The summed E-state index contributed by atoms with van der Waals surface area (Å²) in [6.45, 7) is 11.1. The van der Waals surface area contributed by atoms with Crippen LogP contribution >= 0.6 is 0 Å². The molecule has 2 fully saturated rings. The monoisotopic (exact) mass is 361 g/mol. The number of piperidine rings is 1. The van der Waals surface area contributed by atoms with Crippen molar-refractivity contribution in [2.45, 2.75) is 69.9 Å². The molecule has 1 unspecified atom stereocenters. The highest BCUT2D eigenvalue weighted by Gasteiger charge is 2.50. The summed E-state index contributed by atoms with van der Waals surface area (Å²) < 4.78 is 17.9. The molecule has 3 rings (SSSR count). The molecule has 144 valence electrons. The zero-order chi connectivity index (χ0) is 18.8. The molecule has 0 bridgehead atoms. The Morgan fingerprint density at radius 3 is 2.50 bits per heavy atom. The maximum atomic E-state index is 10.9. The lowest BCUT2D eigenvalue weighted by Gasteiger charge is -2.49. The number of hydrogen-bond acceptors (Lipinski definition) is 5. The summed E-state index contributed by atoms with van der Waals surface area (Å²) >= 11 is 0. The van der Waals surface area contributed by atoms with Crippen LogP contribution in [0.2, 0.25) is 0 Å². The topological polar surface area (TPSA) is 51.2 Å². The molecule has 3 atom stereocenters. The maximum Gasteiger partial charge on any atom is 0.217 e. The molecule has 0 aromatic heterocycles. The van der Waals surface area contributed by atoms with Gasteiger partial charge >= 0.3 is 0 Å². The summed E-state index contributed by atoms with van der Waals surface area (Å²) in [4.78, 5) is 2.02. The van der Waals surface area contributed by atoms with E-state index in [1.165, 1.54) is 5.56 Å². The zero-order valence-corrected chi connectivity index (χ0v) is 16.1. The van der Waals surface area contributed by atoms with Gasteiger partial charge in [0.05, 0.1) is 18.8 Å². The molecule has 26 heavy (non-hydrogen) atoms. The van der Waals surface area contributed by atoms with E-state index in [1.807, 2.05) is 49.9 Å². The molecule has 1 aromatic rings. The van der Waals surface area contributed by atoms with Crippen molar-refractivity contribution in [1.29, 1.82) is 0 Å². The Morgan fingerprint density at radius 2 is 1.92 bits per heavy atom. The van der Waals surface area contributed by atoms with Gasteiger partial charge in [0.25, 0.3) is 0 Å². The number of benzene rings is 1. The molecule has 2 aliphatic heterocycles. The first-order valence-corrected chi connectivity index (χ1v) is 9.40. The molecule has 1 N–H and O–H groups in total. The molecule has 0 saturated carbocycles. The van der Waals surface area contributed by atoms with Crippen molar-refractivity contribution in [3.05, 3.63) is 48.6 Å². The Morgan fingerprint density at radius 1 is 1.27 bits per heavy atom. The van der Waals surface area contributed by atoms with E-state index in [9.17, 15) is 5.11 Å². The van der Waals surface area contributed by atoms with Gasteiger partial charge in [-0.2, -0.15) is 0 Å². The van der Waals surface area contributed by atoms with E-state index < -0.39 is 17.8 Å². The van der Waals surface area contributed by atoms with Crippen LogP contribution in [0.1, 0.15) is 39.2 Å². The van der Waals surface area contributed by atoms with Crippen molar-refractivity contribution in [2.75, 3.05) is 13.2 Å². The third-order valence-electron chi connectivity index (χ3n) is 4.99. The Balaban J connectivity index is 1.87. The lowest BCUT2D eigenvalue weighted by molar-refractivity contribution is -0.288. The van der Waals surface area contributed by atoms with E-state index in [4.69, 9.17) is 14.2 Å². The van der Waals surface area contributed by atoms with Gasteiger partial charge in [-0.05, 0) is 32.8 Å². The number of ether oxygens (including phenoxy) is 3. The summed E-state index contributed by atoms with van der Waals surface area (Å²) in [5, 5.41) is 10.9. The fraction of sp³-hybridized carbons (Fsp3) is 0.619. The van der Waals surface area contributed by atoms with Gasteiger partial charge in [-0.15, -0.1) is 6.58 Å². The van der Waals surface area contributed by atoms with Gasteiger partial charge in [0.1, 0.15) is 0 Å². The number of aliphatic hydroxyl groups is 1. The number of hydrogen-bond donors (Lipinski definition) is 1. The molecule has 5 nitrogen and oxygen atoms in total. The second-order valence-corrected chi connectivity index (χ2v) is 8.17. The Labute approximate surface area is 156 Å². The highest BCUT2D eigenvalue weighted by Crippen LogP contribution is 2.40. The van der Waals surface area contributed by atoms with Crippen LogP contribution in [0, 0.1) is 0 Å². The van der Waals surface area contributed by atoms with Crippen LogP contribution in [-0.4, -0.2) is 53.1 Å². The van der Waals surface area contributed by atoms with Gasteiger partial charge in [0.2, 0.25) is 6.41 Å². The minimum Gasteiger partial charge on any atom is -0.356 e. The average Bonchev–Trinajstić information content (AvgIpc) is 3.01. The first kappa shape index (κ1) is 19.5. The fourth-order valence-electron chi connectivity index (χ4n) is 3.97. The van der Waals surface area contributed by atoms with E-state index in [-0.39, 0.29) is 12.1 Å². The smallest absolute Gasteiger partial charge is 0.217 e. The van der Waals surface area contributed by atoms with Crippen LogP contribution in [0.4, 0.5) is 0 Å². The number of likely N-dealkylation sites (tertiary alicyclic amines) is 1. The summed E-state index contributed by atoms with van der Waals surface area (Å²) in [6.07, 6.45) is 2.97. The van der Waals surface area contributed by atoms with Crippen molar-refractivity contribution < 1.29 is 19.3 Å². The zero-order valence-electron chi connectivity index (χ0n) is 16.1. The number of aliphatic hydroxyl groups excluding tert-OH is 1. The lowest BCUT2D eigenvalue weighted by atomic mass is 9.87. The fourth-order valence-corrected chi connectivity index (χ4v) is 3.97. The first-order chi connectivity index (χ1) is 12.3. The second-order valence-electron chi connectivity index (χ2n) is 8.17. The van der Waals surface area contributed by atoms with Crippen molar-refractivity contribution >= 4 is 0 Å². The van der Waals surface area contributed by atoms with Crippen LogP contribution in [0.25, 0.3) is 0 Å². The van der Waals surface area contributed by atoms with Crippen LogP contribution in [0.3, 0.4) is 0 Å². The molecule has 0 aliphatic carbocycles. The van der Waals surface area contributed by atoms with Crippen molar-refractivity contribution in [3.63, 3.8) is 0 Å². The molecular formula is C21H31NO4.